The number of hydrogen-bond donors (Lipinski definition) is 0. The smallest absolute Gasteiger partial charge is 0.493 e. The highest BCUT2D eigenvalue weighted by atomic mass is 28.4. The third kappa shape index (κ3) is 4.94. The first kappa shape index (κ1) is 20.4. The molecule has 6 nitrogen and oxygen atoms in total. The van der Waals surface area contributed by atoms with Crippen LogP contribution in [-0.2, 0) is 0 Å². The first-order valence-corrected chi connectivity index (χ1v) is 11.3. The van der Waals surface area contributed by atoms with Crippen LogP contribution in [0.4, 0.5) is 0 Å². The fourth-order valence-electron chi connectivity index (χ4n) is 2.77. The molecule has 0 saturated carbocycles. The number of rotatable bonds is 9. The van der Waals surface area contributed by atoms with Gasteiger partial charge < -0.3 is 27.5 Å². The van der Waals surface area contributed by atoms with E-state index in [4.69, 9.17) is 27.5 Å². The summed E-state index contributed by atoms with van der Waals surface area (Å²) in [6, 6.07) is 22.1. The van der Waals surface area contributed by atoms with E-state index in [1.165, 1.54) is 0 Å². The van der Waals surface area contributed by atoms with E-state index in [1.807, 2.05) is 54.6 Å². The van der Waals surface area contributed by atoms with E-state index < -0.39 is 8.80 Å². The van der Waals surface area contributed by atoms with E-state index in [9.17, 15) is 0 Å². The lowest BCUT2D eigenvalue weighted by molar-refractivity contribution is 0.252. The molecule has 7 heteroatoms. The van der Waals surface area contributed by atoms with E-state index in [0.717, 1.165) is 0 Å². The summed E-state index contributed by atoms with van der Waals surface area (Å²) in [5.74, 6) is 3.31. The van der Waals surface area contributed by atoms with Crippen molar-refractivity contribution in [2.45, 2.75) is 6.55 Å². The van der Waals surface area contributed by atoms with Crippen LogP contribution in [0.2, 0.25) is 6.55 Å². The third-order valence-electron chi connectivity index (χ3n) is 4.09. The number of hydrogen-bond acceptors (Lipinski definition) is 6. The SMILES string of the molecule is COc1ccccc1O[Si](C)(Oc1ccccc1OC)Oc1ccccc1OC. The van der Waals surface area contributed by atoms with Crippen LogP contribution in [0.1, 0.15) is 0 Å². The third-order valence-corrected chi connectivity index (χ3v) is 5.87. The average Bonchev–Trinajstić information content (AvgIpc) is 2.74. The highest BCUT2D eigenvalue weighted by molar-refractivity contribution is 6.61. The quantitative estimate of drug-likeness (QED) is 0.470. The van der Waals surface area contributed by atoms with Gasteiger partial charge in [0.1, 0.15) is 0 Å². The van der Waals surface area contributed by atoms with Crippen molar-refractivity contribution in [2.75, 3.05) is 21.3 Å². The Morgan fingerprint density at radius 1 is 0.448 bits per heavy atom. The van der Waals surface area contributed by atoms with E-state index in [-0.39, 0.29) is 0 Å². The number of methoxy groups -OCH3 is 3. The zero-order valence-electron chi connectivity index (χ0n) is 16.9. The van der Waals surface area contributed by atoms with Gasteiger partial charge in [0.05, 0.1) is 21.3 Å². The highest BCUT2D eigenvalue weighted by Crippen LogP contribution is 2.35. The molecule has 0 spiro atoms. The molecule has 0 aliphatic heterocycles. The maximum Gasteiger partial charge on any atom is 0.696 e. The second kappa shape index (κ2) is 9.25. The van der Waals surface area contributed by atoms with E-state index in [2.05, 4.69) is 0 Å². The maximum atomic E-state index is 6.29. The summed E-state index contributed by atoms with van der Waals surface area (Å²) in [4.78, 5) is 0. The molecule has 3 rings (SSSR count). The summed E-state index contributed by atoms with van der Waals surface area (Å²) in [7, 11) is 1.40. The van der Waals surface area contributed by atoms with Gasteiger partial charge in [-0.15, -0.1) is 0 Å². The largest absolute Gasteiger partial charge is 0.696 e. The van der Waals surface area contributed by atoms with Gasteiger partial charge in [-0.3, -0.25) is 0 Å². The van der Waals surface area contributed by atoms with Gasteiger partial charge in [0.15, 0.2) is 34.5 Å². The van der Waals surface area contributed by atoms with Crippen LogP contribution in [0, 0.1) is 0 Å². The van der Waals surface area contributed by atoms with Crippen molar-refractivity contribution in [3.63, 3.8) is 0 Å². The Balaban J connectivity index is 2.00. The van der Waals surface area contributed by atoms with Crippen LogP contribution in [0.25, 0.3) is 0 Å². The van der Waals surface area contributed by atoms with Crippen molar-refractivity contribution in [3.05, 3.63) is 72.8 Å². The molecule has 0 aliphatic carbocycles. The Morgan fingerprint density at radius 2 is 0.690 bits per heavy atom. The zero-order valence-corrected chi connectivity index (χ0v) is 17.9. The monoisotopic (exact) mass is 412 g/mol. The van der Waals surface area contributed by atoms with Crippen LogP contribution < -0.4 is 27.5 Å². The highest BCUT2D eigenvalue weighted by Gasteiger charge is 2.45. The van der Waals surface area contributed by atoms with Crippen LogP contribution >= 0.6 is 0 Å². The van der Waals surface area contributed by atoms with Gasteiger partial charge in [0.25, 0.3) is 0 Å². The topological polar surface area (TPSA) is 55.4 Å². The predicted molar refractivity (Wildman–Crippen MR) is 112 cm³/mol. The first-order chi connectivity index (χ1) is 14.1. The first-order valence-electron chi connectivity index (χ1n) is 9.04. The van der Waals surface area contributed by atoms with Gasteiger partial charge in [0, 0.05) is 6.55 Å². The van der Waals surface area contributed by atoms with Gasteiger partial charge in [-0.25, -0.2) is 0 Å². The minimum Gasteiger partial charge on any atom is -0.493 e. The molecule has 0 atom stereocenters. The molecule has 0 fully saturated rings. The van der Waals surface area contributed by atoms with Crippen molar-refractivity contribution < 1.29 is 27.5 Å². The van der Waals surface area contributed by atoms with Crippen molar-refractivity contribution in [3.8, 4) is 34.5 Å². The molecular formula is C22H24O6Si. The molecule has 0 aromatic heterocycles. The molecule has 0 unspecified atom stereocenters. The predicted octanol–water partition coefficient (Wildman–Crippen LogP) is 4.82. The summed E-state index contributed by atoms with van der Waals surface area (Å²) in [6.45, 7) is 1.80. The second-order valence-corrected chi connectivity index (χ2v) is 8.46. The number of benzene rings is 3. The Bertz CT molecular complexity index is 825. The Kier molecular flexibility index (Phi) is 6.51. The van der Waals surface area contributed by atoms with Crippen molar-refractivity contribution in [1.29, 1.82) is 0 Å². The summed E-state index contributed by atoms with van der Waals surface area (Å²) < 4.78 is 35.1. The Labute approximate surface area is 171 Å². The Hall–Kier alpha value is -3.32. The Morgan fingerprint density at radius 3 is 0.931 bits per heavy atom. The van der Waals surface area contributed by atoms with Gasteiger partial charge in [0.2, 0.25) is 0 Å². The van der Waals surface area contributed by atoms with Crippen molar-refractivity contribution in [1.82, 2.24) is 0 Å². The van der Waals surface area contributed by atoms with Gasteiger partial charge in [-0.1, -0.05) is 36.4 Å². The summed E-state index contributed by atoms with van der Waals surface area (Å²) in [5.41, 5.74) is 0. The summed E-state index contributed by atoms with van der Waals surface area (Å²) >= 11 is 0. The minimum absolute atomic E-state index is 0.522. The minimum atomic E-state index is -3.35. The zero-order chi connectivity index (χ0) is 20.7. The van der Waals surface area contributed by atoms with Crippen LogP contribution in [0.15, 0.2) is 72.8 Å². The van der Waals surface area contributed by atoms with Crippen LogP contribution in [0.5, 0.6) is 34.5 Å². The number of ether oxygens (including phenoxy) is 3. The maximum absolute atomic E-state index is 6.29. The van der Waals surface area contributed by atoms with E-state index in [1.54, 1.807) is 46.1 Å². The van der Waals surface area contributed by atoms with Gasteiger partial charge in [-0.05, 0) is 36.4 Å². The molecule has 0 aliphatic rings. The summed E-state index contributed by atoms with van der Waals surface area (Å²) in [5, 5.41) is 0. The van der Waals surface area contributed by atoms with Gasteiger partial charge in [-0.2, -0.15) is 0 Å². The number of para-hydroxylation sites is 6. The molecule has 29 heavy (non-hydrogen) atoms. The molecule has 0 bridgehead atoms. The van der Waals surface area contributed by atoms with E-state index >= 15 is 0 Å². The van der Waals surface area contributed by atoms with Crippen molar-refractivity contribution in [2.24, 2.45) is 0 Å². The molecule has 0 heterocycles. The molecular weight excluding hydrogens is 388 g/mol. The normalized spacial score (nSPS) is 10.8. The molecule has 0 N–H and O–H groups in total. The lowest BCUT2D eigenvalue weighted by atomic mass is 10.3. The lowest BCUT2D eigenvalue weighted by Gasteiger charge is -2.29. The molecule has 3 aromatic rings. The molecule has 0 amide bonds. The van der Waals surface area contributed by atoms with Gasteiger partial charge >= 0.3 is 8.80 Å². The average molecular weight is 413 g/mol. The lowest BCUT2D eigenvalue weighted by Crippen LogP contribution is -2.52. The van der Waals surface area contributed by atoms with Crippen LogP contribution in [-0.4, -0.2) is 30.1 Å². The molecule has 152 valence electrons. The van der Waals surface area contributed by atoms with E-state index in [0.29, 0.717) is 34.5 Å². The molecule has 0 saturated heterocycles. The second-order valence-electron chi connectivity index (χ2n) is 6.12. The summed E-state index contributed by atoms with van der Waals surface area (Å²) in [6.07, 6.45) is 0. The fraction of sp³-hybridized carbons (Fsp3) is 0.182. The molecule has 3 aromatic carbocycles. The van der Waals surface area contributed by atoms with Crippen molar-refractivity contribution >= 4 is 8.80 Å². The standard InChI is InChI=1S/C22H24O6Si/c1-23-17-11-5-8-14-20(17)26-29(4,27-21-15-9-6-12-18(21)24-2)28-22-16-10-7-13-19(22)25-3/h5-16H,1-4H3. The molecule has 0 radical (unpaired) electrons. The fourth-order valence-corrected chi connectivity index (χ4v) is 4.60. The van der Waals surface area contributed by atoms with Crippen LogP contribution in [0.3, 0.4) is 0 Å².